The molecule has 44 heavy (non-hydrogen) atoms. The van der Waals surface area contributed by atoms with E-state index >= 15 is 0 Å². The van der Waals surface area contributed by atoms with Crippen LogP contribution < -0.4 is 0 Å². The first-order valence-electron chi connectivity index (χ1n) is 12.9. The van der Waals surface area contributed by atoms with Gasteiger partial charge in [-0.15, -0.1) is 0 Å². The molecule has 0 aliphatic rings. The minimum absolute atomic E-state index is 0.00204. The van der Waals surface area contributed by atoms with Gasteiger partial charge in [-0.1, -0.05) is 66.7 Å². The van der Waals surface area contributed by atoms with Gasteiger partial charge in [0.1, 0.15) is 0 Å². The fraction of sp³-hybridized carbons (Fsp3) is 0.0312. The molecule has 0 saturated heterocycles. The molecule has 222 valence electrons. The summed E-state index contributed by atoms with van der Waals surface area (Å²) in [5.41, 5.74) is 5.75. The SMILES string of the molecule is Cc1cc([N+](=O)[O-])ccc1N=C(c1ccccc1)c1cccc(C(=Nc2ccc([N+](=O)[O-])cc2)c2ccccc2)n1.[Br][Fe][Br]. The van der Waals surface area contributed by atoms with Crippen LogP contribution in [-0.4, -0.2) is 26.3 Å². The summed E-state index contributed by atoms with van der Waals surface area (Å²) in [6, 6.07) is 35.3. The summed E-state index contributed by atoms with van der Waals surface area (Å²) in [4.78, 5) is 36.2. The van der Waals surface area contributed by atoms with Gasteiger partial charge in [-0.25, -0.2) is 15.0 Å². The van der Waals surface area contributed by atoms with Crippen LogP contribution in [-0.2, 0) is 11.3 Å². The normalized spacial score (nSPS) is 11.4. The van der Waals surface area contributed by atoms with Crippen molar-refractivity contribution in [2.24, 2.45) is 9.98 Å². The number of aromatic nitrogens is 1. The molecule has 0 N–H and O–H groups in total. The molecular weight excluding hydrogens is 734 g/mol. The second-order valence-corrected chi connectivity index (χ2v) is 14.7. The molecule has 0 aliphatic heterocycles. The number of nitrogens with zero attached hydrogens (tertiary/aromatic N) is 5. The van der Waals surface area contributed by atoms with Crippen molar-refractivity contribution in [3.05, 3.63) is 170 Å². The maximum atomic E-state index is 11.2. The molecule has 0 radical (unpaired) electrons. The van der Waals surface area contributed by atoms with Gasteiger partial charge < -0.3 is 0 Å². The molecule has 0 fully saturated rings. The van der Waals surface area contributed by atoms with Crippen LogP contribution in [0.4, 0.5) is 22.7 Å². The number of nitro benzene ring substituents is 2. The molecule has 1 heterocycles. The van der Waals surface area contributed by atoms with Crippen molar-refractivity contribution < 1.29 is 21.2 Å². The third-order valence-corrected chi connectivity index (χ3v) is 6.25. The minimum atomic E-state index is -0.451. The van der Waals surface area contributed by atoms with E-state index in [1.807, 2.05) is 78.9 Å². The Kier molecular flexibility index (Phi) is 11.8. The molecule has 12 heteroatoms. The Morgan fingerprint density at radius 3 is 1.61 bits per heavy atom. The molecule has 0 saturated carbocycles. The quantitative estimate of drug-likeness (QED) is 0.0676. The average Bonchev–Trinajstić information content (AvgIpc) is 3.04. The van der Waals surface area contributed by atoms with E-state index < -0.39 is 9.85 Å². The second-order valence-electron chi connectivity index (χ2n) is 9.11. The molecule has 9 nitrogen and oxygen atoms in total. The van der Waals surface area contributed by atoms with E-state index in [1.165, 1.54) is 24.3 Å². The maximum absolute atomic E-state index is 11.2. The van der Waals surface area contributed by atoms with Crippen molar-refractivity contribution in [2.75, 3.05) is 0 Å². The Hall–Kier alpha value is -4.35. The molecule has 0 spiro atoms. The number of rotatable bonds is 8. The van der Waals surface area contributed by atoms with E-state index in [0.717, 1.165) is 22.5 Å². The van der Waals surface area contributed by atoms with E-state index in [4.69, 9.17) is 15.0 Å². The van der Waals surface area contributed by atoms with Gasteiger partial charge in [-0.3, -0.25) is 20.2 Å². The van der Waals surface area contributed by atoms with Crippen LogP contribution in [0.3, 0.4) is 0 Å². The molecule has 0 amide bonds. The predicted molar refractivity (Wildman–Crippen MR) is 177 cm³/mol. The van der Waals surface area contributed by atoms with Gasteiger partial charge in [0.2, 0.25) is 0 Å². The third kappa shape index (κ3) is 8.61. The Morgan fingerprint density at radius 1 is 0.659 bits per heavy atom. The zero-order valence-electron chi connectivity index (χ0n) is 23.0. The fourth-order valence-electron chi connectivity index (χ4n) is 4.21. The summed E-state index contributed by atoms with van der Waals surface area (Å²) < 4.78 is 0. The van der Waals surface area contributed by atoms with E-state index in [9.17, 15) is 20.2 Å². The van der Waals surface area contributed by atoms with E-state index in [0.29, 0.717) is 39.7 Å². The monoisotopic (exact) mass is 755 g/mol. The number of hydrogen-bond donors (Lipinski definition) is 0. The van der Waals surface area contributed by atoms with Crippen LogP contribution >= 0.6 is 28.2 Å². The van der Waals surface area contributed by atoms with Gasteiger partial charge >= 0.3 is 39.6 Å². The summed E-state index contributed by atoms with van der Waals surface area (Å²) in [5.74, 6) is 0. The first-order valence-corrected chi connectivity index (χ1v) is 18.4. The molecule has 5 rings (SSSR count). The Bertz CT molecular complexity index is 1820. The Labute approximate surface area is 273 Å². The summed E-state index contributed by atoms with van der Waals surface area (Å²) >= 11 is 7.00. The van der Waals surface area contributed by atoms with Crippen molar-refractivity contribution in [1.29, 1.82) is 0 Å². The number of hydrogen-bond acceptors (Lipinski definition) is 7. The van der Waals surface area contributed by atoms with E-state index in [-0.39, 0.29) is 11.4 Å². The molecule has 0 unspecified atom stereocenters. The first kappa shape index (κ1) is 32.6. The number of halogens is 2. The number of non-ortho nitro benzene ring substituents is 2. The van der Waals surface area contributed by atoms with Gasteiger partial charge in [0.05, 0.1) is 44.0 Å². The standard InChI is InChI=1S/C32H23N5O4.2BrH.Fe/c1-22-21-27(37(40)41)19-20-28(22)35-32(24-11-6-3-7-12-24)30-14-8-13-29(34-30)31(23-9-4-2-5-10-23)33-25-15-17-26(18-16-25)36(38)39;;;/h2-21H,1H3;2*1H;/q;;;+2/p-2. The van der Waals surface area contributed by atoms with Crippen LogP contribution in [0, 0.1) is 27.2 Å². The van der Waals surface area contributed by atoms with E-state index in [1.54, 1.807) is 25.1 Å². The van der Waals surface area contributed by atoms with Gasteiger partial charge in [-0.2, -0.15) is 0 Å². The van der Waals surface area contributed by atoms with Crippen LogP contribution in [0.15, 0.2) is 131 Å². The van der Waals surface area contributed by atoms with Crippen molar-refractivity contribution in [1.82, 2.24) is 4.98 Å². The first-order chi connectivity index (χ1) is 21.3. The summed E-state index contributed by atoms with van der Waals surface area (Å²) in [6.45, 7) is 1.78. The Morgan fingerprint density at radius 2 is 1.14 bits per heavy atom. The molecule has 0 bridgehead atoms. The number of aryl methyl sites for hydroxylation is 1. The predicted octanol–water partition coefficient (Wildman–Crippen LogP) is 9.23. The van der Waals surface area contributed by atoms with Crippen LogP contribution in [0.1, 0.15) is 28.1 Å². The number of aliphatic imine (C=N–C) groups is 2. The molecule has 0 atom stereocenters. The molecule has 0 aliphatic carbocycles. The number of benzene rings is 4. The average molecular weight is 757 g/mol. The van der Waals surface area contributed by atoms with Crippen molar-refractivity contribution in [3.63, 3.8) is 0 Å². The van der Waals surface area contributed by atoms with Crippen LogP contribution in [0.2, 0.25) is 0 Å². The number of nitro groups is 2. The topological polar surface area (TPSA) is 124 Å². The second kappa shape index (κ2) is 15.9. The van der Waals surface area contributed by atoms with Gasteiger partial charge in [-0.05, 0) is 42.8 Å². The van der Waals surface area contributed by atoms with Gasteiger partial charge in [0, 0.05) is 35.4 Å². The van der Waals surface area contributed by atoms with Crippen LogP contribution in [0.25, 0.3) is 0 Å². The summed E-state index contributed by atoms with van der Waals surface area (Å²) in [7, 11) is 0. The molecule has 4 aromatic carbocycles. The zero-order chi connectivity index (χ0) is 31.5. The van der Waals surface area contributed by atoms with Crippen molar-refractivity contribution in [2.45, 2.75) is 6.92 Å². The fourth-order valence-corrected chi connectivity index (χ4v) is 4.21. The summed E-state index contributed by atoms with van der Waals surface area (Å²) in [6.07, 6.45) is 0. The third-order valence-electron chi connectivity index (χ3n) is 6.25. The van der Waals surface area contributed by atoms with Crippen molar-refractivity contribution in [3.8, 4) is 0 Å². The van der Waals surface area contributed by atoms with Gasteiger partial charge in [0.25, 0.3) is 11.4 Å². The van der Waals surface area contributed by atoms with Crippen molar-refractivity contribution >= 4 is 62.4 Å². The number of pyridine rings is 1. The molecule has 1 aromatic heterocycles. The zero-order valence-corrected chi connectivity index (χ0v) is 27.3. The van der Waals surface area contributed by atoms with E-state index in [2.05, 4.69) is 28.2 Å². The summed E-state index contributed by atoms with van der Waals surface area (Å²) in [5, 5.41) is 22.4. The Balaban J connectivity index is 0.00000141. The molecule has 5 aromatic rings. The molecular formula is C32H23Br2FeN5O4. The van der Waals surface area contributed by atoms with Gasteiger partial charge in [0.15, 0.2) is 0 Å². The van der Waals surface area contributed by atoms with Crippen LogP contribution in [0.5, 0.6) is 0 Å².